The first-order valence-electron chi connectivity index (χ1n) is 7.85. The molecule has 0 aliphatic carbocycles. The van der Waals surface area contributed by atoms with Crippen molar-refractivity contribution >= 4 is 11.9 Å². The Labute approximate surface area is 142 Å². The summed E-state index contributed by atoms with van der Waals surface area (Å²) in [6, 6.07) is 4.10. The van der Waals surface area contributed by atoms with Crippen LogP contribution >= 0.6 is 0 Å². The highest BCUT2D eigenvalue weighted by Crippen LogP contribution is 2.28. The van der Waals surface area contributed by atoms with Gasteiger partial charge in [-0.2, -0.15) is 13.2 Å². The van der Waals surface area contributed by atoms with Crippen molar-refractivity contribution in [2.45, 2.75) is 32.0 Å². The van der Waals surface area contributed by atoms with Crippen LogP contribution in [0.4, 0.5) is 19.1 Å². The summed E-state index contributed by atoms with van der Waals surface area (Å²) in [5, 5.41) is 2.88. The summed E-state index contributed by atoms with van der Waals surface area (Å²) >= 11 is 0. The summed E-state index contributed by atoms with van der Waals surface area (Å²) in [6.45, 7) is 2.68. The first kappa shape index (κ1) is 17.2. The van der Waals surface area contributed by atoms with Gasteiger partial charge in [0.15, 0.2) is 5.76 Å². The van der Waals surface area contributed by atoms with Crippen molar-refractivity contribution in [3.05, 3.63) is 41.6 Å². The summed E-state index contributed by atoms with van der Waals surface area (Å²) in [5.41, 5.74) is -0.957. The van der Waals surface area contributed by atoms with E-state index in [2.05, 4.69) is 15.3 Å². The molecule has 0 aromatic carbocycles. The summed E-state index contributed by atoms with van der Waals surface area (Å²) < 4.78 is 43.5. The van der Waals surface area contributed by atoms with E-state index in [0.717, 1.165) is 12.3 Å². The Hall–Kier alpha value is -2.58. The van der Waals surface area contributed by atoms with Gasteiger partial charge < -0.3 is 14.6 Å². The fourth-order valence-corrected chi connectivity index (χ4v) is 2.70. The molecule has 1 amide bonds. The van der Waals surface area contributed by atoms with Crippen molar-refractivity contribution < 1.29 is 22.4 Å². The van der Waals surface area contributed by atoms with Crippen LogP contribution in [0.2, 0.25) is 0 Å². The van der Waals surface area contributed by atoms with Crippen LogP contribution in [0, 0.1) is 6.92 Å². The molecule has 3 heterocycles. The Balaban J connectivity index is 1.58. The first-order valence-corrected chi connectivity index (χ1v) is 7.85. The fraction of sp³-hybridized carbons (Fsp3) is 0.438. The van der Waals surface area contributed by atoms with Gasteiger partial charge in [0, 0.05) is 25.3 Å². The Morgan fingerprint density at radius 3 is 2.60 bits per heavy atom. The average molecular weight is 354 g/mol. The molecule has 0 spiro atoms. The number of halogens is 3. The number of nitrogens with zero attached hydrogens (tertiary/aromatic N) is 3. The van der Waals surface area contributed by atoms with Crippen LogP contribution in [-0.2, 0) is 6.18 Å². The Kier molecular flexibility index (Phi) is 4.65. The number of aromatic nitrogens is 2. The number of carbonyl (C=O) groups is 1. The topological polar surface area (TPSA) is 71.3 Å². The van der Waals surface area contributed by atoms with Crippen molar-refractivity contribution in [2.24, 2.45) is 0 Å². The van der Waals surface area contributed by atoms with E-state index in [1.807, 2.05) is 0 Å². The van der Waals surface area contributed by atoms with Gasteiger partial charge in [-0.1, -0.05) is 0 Å². The molecule has 9 heteroatoms. The molecule has 134 valence electrons. The molecule has 2 aromatic rings. The summed E-state index contributed by atoms with van der Waals surface area (Å²) in [4.78, 5) is 21.3. The maximum Gasteiger partial charge on any atom is 0.433 e. The smallest absolute Gasteiger partial charge is 0.433 e. The molecule has 2 aromatic heterocycles. The first-order chi connectivity index (χ1) is 11.8. The summed E-state index contributed by atoms with van der Waals surface area (Å²) in [7, 11) is 0. The van der Waals surface area contributed by atoms with Gasteiger partial charge in [0.05, 0.1) is 0 Å². The Morgan fingerprint density at radius 2 is 2.00 bits per heavy atom. The van der Waals surface area contributed by atoms with E-state index in [1.54, 1.807) is 24.0 Å². The minimum absolute atomic E-state index is 0.0567. The van der Waals surface area contributed by atoms with Crippen LogP contribution in [-0.4, -0.2) is 35.0 Å². The number of nitrogens with one attached hydrogen (secondary N) is 1. The SMILES string of the molecule is Cc1ccc(C(=O)NC2CCN(c3nccc(C(F)(F)F)n3)CC2)o1. The number of rotatable bonds is 3. The van der Waals surface area contributed by atoms with Gasteiger partial charge in [-0.05, 0) is 38.0 Å². The van der Waals surface area contributed by atoms with E-state index in [1.165, 1.54) is 0 Å². The molecule has 0 unspecified atom stereocenters. The van der Waals surface area contributed by atoms with Gasteiger partial charge in [-0.15, -0.1) is 0 Å². The molecule has 1 fully saturated rings. The van der Waals surface area contributed by atoms with Crippen molar-refractivity contribution in [1.29, 1.82) is 0 Å². The molecule has 1 N–H and O–H groups in total. The minimum Gasteiger partial charge on any atom is -0.456 e. The second kappa shape index (κ2) is 6.73. The lowest BCUT2D eigenvalue weighted by Gasteiger charge is -2.32. The number of alkyl halides is 3. The number of anilines is 1. The highest BCUT2D eigenvalue weighted by molar-refractivity contribution is 5.91. The molecule has 6 nitrogen and oxygen atoms in total. The van der Waals surface area contributed by atoms with Crippen molar-refractivity contribution in [2.75, 3.05) is 18.0 Å². The second-order valence-corrected chi connectivity index (χ2v) is 5.88. The average Bonchev–Trinajstić information content (AvgIpc) is 3.01. The van der Waals surface area contributed by atoms with Crippen molar-refractivity contribution in [1.82, 2.24) is 15.3 Å². The largest absolute Gasteiger partial charge is 0.456 e. The molecule has 25 heavy (non-hydrogen) atoms. The number of furan rings is 1. The van der Waals surface area contributed by atoms with Crippen LogP contribution in [0.3, 0.4) is 0 Å². The molecule has 1 saturated heterocycles. The third-order valence-corrected chi connectivity index (χ3v) is 4.01. The standard InChI is InChI=1S/C16H17F3N4O2/c1-10-2-3-12(25-10)14(24)21-11-5-8-23(9-6-11)15-20-7-4-13(22-15)16(17,18)19/h2-4,7,11H,5-6,8-9H2,1H3,(H,21,24). The van der Waals surface area contributed by atoms with Crippen LogP contribution in [0.5, 0.6) is 0 Å². The minimum atomic E-state index is -4.49. The third-order valence-electron chi connectivity index (χ3n) is 4.01. The number of hydrogen-bond donors (Lipinski definition) is 1. The van der Waals surface area contributed by atoms with Crippen LogP contribution in [0.15, 0.2) is 28.8 Å². The fourth-order valence-electron chi connectivity index (χ4n) is 2.70. The maximum atomic E-state index is 12.7. The molecular formula is C16H17F3N4O2. The highest BCUT2D eigenvalue weighted by atomic mass is 19.4. The molecular weight excluding hydrogens is 337 g/mol. The maximum absolute atomic E-state index is 12.7. The molecule has 1 aliphatic rings. The predicted molar refractivity (Wildman–Crippen MR) is 83.2 cm³/mol. The molecule has 0 radical (unpaired) electrons. The molecule has 1 aliphatic heterocycles. The predicted octanol–water partition coefficient (Wildman–Crippen LogP) is 2.80. The highest BCUT2D eigenvalue weighted by Gasteiger charge is 2.33. The van der Waals surface area contributed by atoms with Gasteiger partial charge >= 0.3 is 6.18 Å². The van der Waals surface area contributed by atoms with Crippen molar-refractivity contribution in [3.8, 4) is 0 Å². The number of piperidine rings is 1. The number of aryl methyl sites for hydroxylation is 1. The quantitative estimate of drug-likeness (QED) is 0.918. The zero-order valence-corrected chi connectivity index (χ0v) is 13.5. The molecule has 0 bridgehead atoms. The number of hydrogen-bond acceptors (Lipinski definition) is 5. The van der Waals surface area contributed by atoms with Gasteiger partial charge in [0.2, 0.25) is 5.95 Å². The van der Waals surface area contributed by atoms with Gasteiger partial charge in [-0.25, -0.2) is 9.97 Å². The lowest BCUT2D eigenvalue weighted by molar-refractivity contribution is -0.141. The second-order valence-electron chi connectivity index (χ2n) is 5.88. The molecule has 3 rings (SSSR count). The Morgan fingerprint density at radius 1 is 1.28 bits per heavy atom. The van der Waals surface area contributed by atoms with Gasteiger partial charge in [-0.3, -0.25) is 4.79 Å². The normalized spacial score (nSPS) is 16.1. The van der Waals surface area contributed by atoms with Crippen LogP contribution in [0.1, 0.15) is 34.9 Å². The zero-order chi connectivity index (χ0) is 18.0. The Bertz CT molecular complexity index is 752. The van der Waals surface area contributed by atoms with E-state index in [4.69, 9.17) is 4.42 Å². The van der Waals surface area contributed by atoms with E-state index in [0.29, 0.717) is 31.7 Å². The van der Waals surface area contributed by atoms with Gasteiger partial charge in [0.25, 0.3) is 5.91 Å². The van der Waals surface area contributed by atoms with E-state index in [9.17, 15) is 18.0 Å². The summed E-state index contributed by atoms with van der Waals surface area (Å²) in [6.07, 6.45) is -2.21. The number of amides is 1. The van der Waals surface area contributed by atoms with E-state index < -0.39 is 11.9 Å². The van der Waals surface area contributed by atoms with E-state index in [-0.39, 0.29) is 23.7 Å². The molecule has 0 saturated carbocycles. The van der Waals surface area contributed by atoms with Gasteiger partial charge in [0.1, 0.15) is 11.5 Å². The third kappa shape index (κ3) is 4.09. The lowest BCUT2D eigenvalue weighted by Crippen LogP contribution is -2.45. The number of carbonyl (C=O) groups excluding carboxylic acids is 1. The van der Waals surface area contributed by atoms with Crippen LogP contribution in [0.25, 0.3) is 0 Å². The monoisotopic (exact) mass is 354 g/mol. The van der Waals surface area contributed by atoms with Crippen LogP contribution < -0.4 is 10.2 Å². The molecule has 0 atom stereocenters. The van der Waals surface area contributed by atoms with Crippen molar-refractivity contribution in [3.63, 3.8) is 0 Å². The van der Waals surface area contributed by atoms with E-state index >= 15 is 0 Å². The zero-order valence-electron chi connectivity index (χ0n) is 13.5. The lowest BCUT2D eigenvalue weighted by atomic mass is 10.1. The summed E-state index contributed by atoms with van der Waals surface area (Å²) in [5.74, 6) is 0.672.